The highest BCUT2D eigenvalue weighted by Gasteiger charge is 2.64. The van der Waals surface area contributed by atoms with Crippen LogP contribution >= 0.6 is 0 Å². The minimum absolute atomic E-state index is 0.0331. The predicted molar refractivity (Wildman–Crippen MR) is 110 cm³/mol. The van der Waals surface area contributed by atoms with Crippen molar-refractivity contribution in [3.8, 4) is 0 Å². The number of carbonyl (C=O) groups excluding carboxylic acids is 1. The van der Waals surface area contributed by atoms with Crippen LogP contribution in [0.4, 0.5) is 0 Å². The first-order valence-electron chi connectivity index (χ1n) is 11.2. The average molecular weight is 366 g/mol. The first-order chi connectivity index (χ1) is 12.9. The van der Waals surface area contributed by atoms with Crippen molar-refractivity contribution in [1.82, 2.24) is 5.32 Å². The topological polar surface area (TPSA) is 29.1 Å². The van der Waals surface area contributed by atoms with Gasteiger partial charge in [-0.15, -0.1) is 0 Å². The van der Waals surface area contributed by atoms with Crippen LogP contribution < -0.4 is 5.32 Å². The fourth-order valence-electron chi connectivity index (χ4n) is 8.17. The van der Waals surface area contributed by atoms with Gasteiger partial charge in [-0.25, -0.2) is 0 Å². The molecule has 6 unspecified atom stereocenters. The van der Waals surface area contributed by atoms with E-state index in [1.54, 1.807) is 0 Å². The Labute approximate surface area is 164 Å². The molecule has 6 atom stereocenters. The number of Topliss-reactive ketones (excluding diaryl/α,β-unsaturated/α-hetero) is 1. The van der Waals surface area contributed by atoms with E-state index in [9.17, 15) is 4.79 Å². The Balaban J connectivity index is 1.46. The van der Waals surface area contributed by atoms with Crippen molar-refractivity contribution < 1.29 is 4.79 Å². The Morgan fingerprint density at radius 2 is 1.93 bits per heavy atom. The van der Waals surface area contributed by atoms with E-state index < -0.39 is 0 Å². The van der Waals surface area contributed by atoms with Gasteiger partial charge in [-0.2, -0.15) is 0 Å². The van der Waals surface area contributed by atoms with Crippen molar-refractivity contribution in [3.05, 3.63) is 35.9 Å². The van der Waals surface area contributed by atoms with Gasteiger partial charge in [0.1, 0.15) is 5.78 Å². The summed E-state index contributed by atoms with van der Waals surface area (Å²) in [4.78, 5) is 13.8. The Hall–Kier alpha value is -1.15. The van der Waals surface area contributed by atoms with Crippen LogP contribution in [-0.2, 0) is 10.2 Å². The van der Waals surface area contributed by atoms with Crippen molar-refractivity contribution in [2.45, 2.75) is 70.6 Å². The summed E-state index contributed by atoms with van der Waals surface area (Å²) >= 11 is 0. The van der Waals surface area contributed by atoms with E-state index in [0.717, 1.165) is 38.3 Å². The molecular formula is C25H35NO. The van der Waals surface area contributed by atoms with Gasteiger partial charge >= 0.3 is 0 Å². The molecule has 4 saturated carbocycles. The molecule has 1 aromatic rings. The molecule has 1 aliphatic heterocycles. The second-order valence-electron chi connectivity index (χ2n) is 11.1. The molecule has 4 bridgehead atoms. The standard InChI is InChI=1S/C25H35NO/c1-18-14-26-9-8-20(18)10-22(27)25-13-19-11-23(2,16-25)15-24(12-19,17-25)21-6-4-3-5-7-21/h3-7,18-20,26H,8-17H2,1-2H3. The van der Waals surface area contributed by atoms with Gasteiger partial charge in [0.25, 0.3) is 0 Å². The average Bonchev–Trinajstić information content (AvgIpc) is 2.62. The highest BCUT2D eigenvalue weighted by molar-refractivity contribution is 5.86. The second-order valence-corrected chi connectivity index (χ2v) is 11.1. The number of ketones is 1. The first-order valence-corrected chi connectivity index (χ1v) is 11.2. The number of rotatable bonds is 4. The third-order valence-electron chi connectivity index (χ3n) is 8.74. The molecule has 0 spiro atoms. The molecule has 1 heterocycles. The van der Waals surface area contributed by atoms with Crippen LogP contribution in [0.25, 0.3) is 0 Å². The zero-order valence-electron chi connectivity index (χ0n) is 17.1. The van der Waals surface area contributed by atoms with Crippen LogP contribution in [0.5, 0.6) is 0 Å². The van der Waals surface area contributed by atoms with Gasteiger partial charge in [-0.3, -0.25) is 4.79 Å². The molecule has 1 aromatic carbocycles. The summed E-state index contributed by atoms with van der Waals surface area (Å²) in [6.07, 6.45) is 9.40. The first kappa shape index (κ1) is 17.9. The number of piperidine rings is 1. The van der Waals surface area contributed by atoms with Gasteiger partial charge < -0.3 is 5.32 Å². The minimum Gasteiger partial charge on any atom is -0.316 e. The van der Waals surface area contributed by atoms with Gasteiger partial charge in [0, 0.05) is 11.8 Å². The van der Waals surface area contributed by atoms with Crippen LogP contribution in [0.1, 0.15) is 70.8 Å². The summed E-state index contributed by atoms with van der Waals surface area (Å²) in [7, 11) is 0. The monoisotopic (exact) mass is 365 g/mol. The molecule has 4 aliphatic carbocycles. The maximum Gasteiger partial charge on any atom is 0.139 e. The number of hydrogen-bond acceptors (Lipinski definition) is 2. The number of benzene rings is 1. The van der Waals surface area contributed by atoms with Gasteiger partial charge in [0.15, 0.2) is 0 Å². The van der Waals surface area contributed by atoms with Crippen LogP contribution in [0, 0.1) is 28.6 Å². The highest BCUT2D eigenvalue weighted by Crippen LogP contribution is 2.70. The third-order valence-corrected chi connectivity index (χ3v) is 8.74. The summed E-state index contributed by atoms with van der Waals surface area (Å²) in [6.45, 7) is 6.99. The fraction of sp³-hybridized carbons (Fsp3) is 0.720. The van der Waals surface area contributed by atoms with Crippen molar-refractivity contribution in [1.29, 1.82) is 0 Å². The van der Waals surface area contributed by atoms with Crippen molar-refractivity contribution in [2.24, 2.45) is 28.6 Å². The summed E-state index contributed by atoms with van der Waals surface area (Å²) in [5.74, 6) is 2.60. The molecule has 0 radical (unpaired) electrons. The van der Waals surface area contributed by atoms with E-state index in [1.165, 1.54) is 37.7 Å². The number of carbonyl (C=O) groups is 1. The van der Waals surface area contributed by atoms with E-state index in [2.05, 4.69) is 49.5 Å². The molecule has 1 N–H and O–H groups in total. The highest BCUT2D eigenvalue weighted by atomic mass is 16.1. The van der Waals surface area contributed by atoms with Crippen LogP contribution in [0.2, 0.25) is 0 Å². The van der Waals surface area contributed by atoms with Crippen molar-refractivity contribution in [2.75, 3.05) is 13.1 Å². The summed E-state index contributed by atoms with van der Waals surface area (Å²) in [5.41, 5.74) is 2.09. The lowest BCUT2D eigenvalue weighted by molar-refractivity contribution is -0.159. The van der Waals surface area contributed by atoms with Crippen molar-refractivity contribution >= 4 is 5.78 Å². The second kappa shape index (κ2) is 6.17. The molecule has 5 fully saturated rings. The van der Waals surface area contributed by atoms with Crippen molar-refractivity contribution in [3.63, 3.8) is 0 Å². The van der Waals surface area contributed by atoms with Crippen LogP contribution in [-0.4, -0.2) is 18.9 Å². The molecule has 0 amide bonds. The third kappa shape index (κ3) is 2.90. The van der Waals surface area contributed by atoms with Crippen LogP contribution in [0.3, 0.4) is 0 Å². The lowest BCUT2D eigenvalue weighted by atomic mass is 9.38. The zero-order chi connectivity index (χ0) is 18.7. The maximum atomic E-state index is 13.8. The molecular weight excluding hydrogens is 330 g/mol. The van der Waals surface area contributed by atoms with E-state index in [0.29, 0.717) is 23.0 Å². The van der Waals surface area contributed by atoms with E-state index in [1.807, 2.05) is 0 Å². The SMILES string of the molecule is CC1CNCCC1CC(=O)C12CC3CC(C)(C1)CC(c1ccccc1)(C3)C2. The summed E-state index contributed by atoms with van der Waals surface area (Å²) in [5, 5.41) is 3.50. The largest absolute Gasteiger partial charge is 0.316 e. The Morgan fingerprint density at radius 1 is 1.11 bits per heavy atom. The summed E-state index contributed by atoms with van der Waals surface area (Å²) in [6, 6.07) is 11.2. The smallest absolute Gasteiger partial charge is 0.139 e. The lowest BCUT2D eigenvalue weighted by Gasteiger charge is -2.66. The zero-order valence-corrected chi connectivity index (χ0v) is 17.1. The Kier molecular flexibility index (Phi) is 4.10. The van der Waals surface area contributed by atoms with E-state index in [4.69, 9.17) is 0 Å². The Bertz CT molecular complexity index is 729. The quantitative estimate of drug-likeness (QED) is 0.802. The molecule has 6 rings (SSSR count). The molecule has 2 nitrogen and oxygen atoms in total. The minimum atomic E-state index is -0.0331. The van der Waals surface area contributed by atoms with Gasteiger partial charge in [0.2, 0.25) is 0 Å². The number of hydrogen-bond donors (Lipinski definition) is 1. The van der Waals surface area contributed by atoms with Crippen LogP contribution in [0.15, 0.2) is 30.3 Å². The van der Waals surface area contributed by atoms with E-state index >= 15 is 0 Å². The maximum absolute atomic E-state index is 13.8. The Morgan fingerprint density at radius 3 is 2.67 bits per heavy atom. The fourth-order valence-corrected chi connectivity index (χ4v) is 8.17. The molecule has 5 aliphatic rings. The molecule has 2 heteroatoms. The summed E-state index contributed by atoms with van der Waals surface area (Å²) < 4.78 is 0. The van der Waals surface area contributed by atoms with Gasteiger partial charge in [0.05, 0.1) is 0 Å². The molecule has 0 aromatic heterocycles. The van der Waals surface area contributed by atoms with E-state index in [-0.39, 0.29) is 10.8 Å². The molecule has 146 valence electrons. The lowest BCUT2D eigenvalue weighted by Crippen LogP contribution is -2.60. The molecule has 27 heavy (non-hydrogen) atoms. The van der Waals surface area contributed by atoms with Gasteiger partial charge in [-0.1, -0.05) is 44.2 Å². The predicted octanol–water partition coefficient (Wildman–Crippen LogP) is 5.12. The molecule has 1 saturated heterocycles. The van der Waals surface area contributed by atoms with Gasteiger partial charge in [-0.05, 0) is 92.2 Å². The number of nitrogens with one attached hydrogen (secondary N) is 1. The normalized spacial score (nSPS) is 45.8.